The van der Waals surface area contributed by atoms with E-state index >= 15 is 0 Å². The Morgan fingerprint density at radius 3 is 2.37 bits per heavy atom. The molecule has 3 heteroatoms. The van der Waals surface area contributed by atoms with Crippen molar-refractivity contribution in [3.8, 4) is 5.69 Å². The molecule has 0 unspecified atom stereocenters. The zero-order valence-electron chi connectivity index (χ0n) is 12.1. The molecule has 0 aliphatic carbocycles. The Morgan fingerprint density at radius 2 is 1.79 bits per heavy atom. The van der Waals surface area contributed by atoms with Gasteiger partial charge in [0.2, 0.25) is 0 Å². The highest BCUT2D eigenvalue weighted by Crippen LogP contribution is 2.15. The Morgan fingerprint density at radius 1 is 1.05 bits per heavy atom. The van der Waals surface area contributed by atoms with E-state index in [1.165, 1.54) is 11.3 Å². The van der Waals surface area contributed by atoms with Gasteiger partial charge in [0, 0.05) is 12.2 Å². The Balaban J connectivity index is 2.23. The lowest BCUT2D eigenvalue weighted by molar-refractivity contribution is 0.725. The molecule has 1 aromatic heterocycles. The van der Waals surface area contributed by atoms with E-state index in [0.717, 1.165) is 37.3 Å². The third kappa shape index (κ3) is 3.24. The molecule has 0 fully saturated rings. The normalized spacial score (nSPS) is 10.9. The van der Waals surface area contributed by atoms with Crippen molar-refractivity contribution in [2.45, 2.75) is 40.2 Å². The molecule has 1 N–H and O–H groups in total. The van der Waals surface area contributed by atoms with Crippen LogP contribution in [0.4, 0.5) is 0 Å². The molecule has 0 amide bonds. The summed E-state index contributed by atoms with van der Waals surface area (Å²) in [5.74, 6) is 0. The summed E-state index contributed by atoms with van der Waals surface area (Å²) in [6.07, 6.45) is 1.99. The lowest BCUT2D eigenvalue weighted by Gasteiger charge is -2.07. The second kappa shape index (κ2) is 6.53. The zero-order valence-corrected chi connectivity index (χ0v) is 12.1. The van der Waals surface area contributed by atoms with Crippen molar-refractivity contribution in [2.24, 2.45) is 0 Å². The van der Waals surface area contributed by atoms with Crippen molar-refractivity contribution in [3.63, 3.8) is 0 Å². The van der Waals surface area contributed by atoms with Gasteiger partial charge in [-0.1, -0.05) is 32.9 Å². The van der Waals surface area contributed by atoms with Gasteiger partial charge in [0.15, 0.2) is 0 Å². The maximum absolute atomic E-state index is 4.66. The fourth-order valence-corrected chi connectivity index (χ4v) is 2.15. The van der Waals surface area contributed by atoms with Gasteiger partial charge in [-0.05, 0) is 43.1 Å². The van der Waals surface area contributed by atoms with Gasteiger partial charge in [-0.3, -0.25) is 0 Å². The van der Waals surface area contributed by atoms with E-state index in [-0.39, 0.29) is 0 Å². The summed E-state index contributed by atoms with van der Waals surface area (Å²) in [5, 5.41) is 8.00. The van der Waals surface area contributed by atoms with Crippen LogP contribution in [0.25, 0.3) is 5.69 Å². The average molecular weight is 257 g/mol. The predicted octanol–water partition coefficient (Wildman–Crippen LogP) is 3.11. The van der Waals surface area contributed by atoms with Gasteiger partial charge in [-0.15, -0.1) is 0 Å². The number of hydrogen-bond donors (Lipinski definition) is 1. The Hall–Kier alpha value is -1.61. The van der Waals surface area contributed by atoms with Crippen LogP contribution in [0.1, 0.15) is 37.7 Å². The topological polar surface area (TPSA) is 29.9 Å². The van der Waals surface area contributed by atoms with Crippen molar-refractivity contribution in [3.05, 3.63) is 47.3 Å². The highest BCUT2D eigenvalue weighted by Gasteiger charge is 2.07. The SMILES string of the molecule is CCNCc1ccc(-n2nc(CC)cc2CC)cc1. The molecule has 2 rings (SSSR count). The summed E-state index contributed by atoms with van der Waals surface area (Å²) in [6, 6.07) is 10.8. The predicted molar refractivity (Wildman–Crippen MR) is 79.7 cm³/mol. The van der Waals surface area contributed by atoms with Crippen LogP contribution in [0.5, 0.6) is 0 Å². The summed E-state index contributed by atoms with van der Waals surface area (Å²) >= 11 is 0. The molecule has 1 heterocycles. The summed E-state index contributed by atoms with van der Waals surface area (Å²) in [4.78, 5) is 0. The molecule has 0 bridgehead atoms. The first-order valence-electron chi connectivity index (χ1n) is 7.16. The van der Waals surface area contributed by atoms with Gasteiger partial charge in [0.05, 0.1) is 11.4 Å². The molecule has 0 saturated heterocycles. The molecule has 3 nitrogen and oxygen atoms in total. The van der Waals surface area contributed by atoms with E-state index < -0.39 is 0 Å². The molecule has 102 valence electrons. The molecular formula is C16H23N3. The second-order valence-corrected chi connectivity index (χ2v) is 4.69. The van der Waals surface area contributed by atoms with Gasteiger partial charge in [-0.2, -0.15) is 5.10 Å². The number of benzene rings is 1. The smallest absolute Gasteiger partial charge is 0.0649 e. The standard InChI is InChI=1S/C16H23N3/c1-4-14-11-15(5-2)19(18-14)16-9-7-13(8-10-16)12-17-6-3/h7-11,17H,4-6,12H2,1-3H3. The van der Waals surface area contributed by atoms with Gasteiger partial charge >= 0.3 is 0 Å². The lowest BCUT2D eigenvalue weighted by atomic mass is 10.2. The zero-order chi connectivity index (χ0) is 13.7. The molecule has 2 aromatic rings. The summed E-state index contributed by atoms with van der Waals surface area (Å²) in [7, 11) is 0. The molecule has 0 radical (unpaired) electrons. The van der Waals surface area contributed by atoms with Crippen LogP contribution in [-0.2, 0) is 19.4 Å². The fraction of sp³-hybridized carbons (Fsp3) is 0.438. The average Bonchev–Trinajstić information content (AvgIpc) is 2.89. The highest BCUT2D eigenvalue weighted by atomic mass is 15.3. The third-order valence-electron chi connectivity index (χ3n) is 3.32. The van der Waals surface area contributed by atoms with Crippen molar-refractivity contribution in [1.29, 1.82) is 0 Å². The van der Waals surface area contributed by atoms with E-state index in [1.54, 1.807) is 0 Å². The van der Waals surface area contributed by atoms with Crippen LogP contribution in [0.2, 0.25) is 0 Å². The van der Waals surface area contributed by atoms with E-state index in [1.807, 2.05) is 0 Å². The van der Waals surface area contributed by atoms with Gasteiger partial charge in [0.25, 0.3) is 0 Å². The number of aryl methyl sites for hydroxylation is 2. The first kappa shape index (κ1) is 13.8. The number of aromatic nitrogens is 2. The van der Waals surface area contributed by atoms with Crippen molar-refractivity contribution in [2.75, 3.05) is 6.54 Å². The largest absolute Gasteiger partial charge is 0.313 e. The third-order valence-corrected chi connectivity index (χ3v) is 3.32. The lowest BCUT2D eigenvalue weighted by Crippen LogP contribution is -2.11. The fourth-order valence-electron chi connectivity index (χ4n) is 2.15. The van der Waals surface area contributed by atoms with Crippen LogP contribution in [0.15, 0.2) is 30.3 Å². The number of hydrogen-bond acceptors (Lipinski definition) is 2. The molecule has 0 aliphatic heterocycles. The van der Waals surface area contributed by atoms with Crippen molar-refractivity contribution < 1.29 is 0 Å². The highest BCUT2D eigenvalue weighted by molar-refractivity contribution is 5.36. The van der Waals surface area contributed by atoms with Gasteiger partial charge in [-0.25, -0.2) is 4.68 Å². The van der Waals surface area contributed by atoms with Crippen molar-refractivity contribution >= 4 is 0 Å². The minimum atomic E-state index is 0.927. The molecule has 0 saturated carbocycles. The number of nitrogens with one attached hydrogen (secondary N) is 1. The van der Waals surface area contributed by atoms with E-state index in [0.29, 0.717) is 0 Å². The van der Waals surface area contributed by atoms with Gasteiger partial charge in [0.1, 0.15) is 0 Å². The van der Waals surface area contributed by atoms with E-state index in [4.69, 9.17) is 0 Å². The Bertz CT molecular complexity index is 511. The van der Waals surface area contributed by atoms with E-state index in [9.17, 15) is 0 Å². The second-order valence-electron chi connectivity index (χ2n) is 4.69. The molecule has 0 spiro atoms. The minimum Gasteiger partial charge on any atom is -0.313 e. The summed E-state index contributed by atoms with van der Waals surface area (Å²) in [6.45, 7) is 8.37. The molecule has 0 atom stereocenters. The number of nitrogens with zero attached hydrogens (tertiary/aromatic N) is 2. The van der Waals surface area contributed by atoms with Crippen LogP contribution in [-0.4, -0.2) is 16.3 Å². The quantitative estimate of drug-likeness (QED) is 0.861. The molecule has 1 aromatic carbocycles. The van der Waals surface area contributed by atoms with Crippen molar-refractivity contribution in [1.82, 2.24) is 15.1 Å². The summed E-state index contributed by atoms with van der Waals surface area (Å²) < 4.78 is 2.07. The molecular weight excluding hydrogens is 234 g/mol. The maximum Gasteiger partial charge on any atom is 0.0649 e. The molecule has 0 aliphatic rings. The van der Waals surface area contributed by atoms with Crippen LogP contribution < -0.4 is 5.32 Å². The maximum atomic E-state index is 4.66. The minimum absolute atomic E-state index is 0.927. The molecule has 19 heavy (non-hydrogen) atoms. The Kier molecular flexibility index (Phi) is 4.74. The monoisotopic (exact) mass is 257 g/mol. The Labute approximate surface area is 115 Å². The van der Waals surface area contributed by atoms with E-state index in [2.05, 4.69) is 66.2 Å². The van der Waals surface area contributed by atoms with Crippen LogP contribution in [0, 0.1) is 0 Å². The first-order valence-corrected chi connectivity index (χ1v) is 7.16. The van der Waals surface area contributed by atoms with Crippen LogP contribution >= 0.6 is 0 Å². The first-order chi connectivity index (χ1) is 9.28. The number of rotatable bonds is 6. The summed E-state index contributed by atoms with van der Waals surface area (Å²) in [5.41, 5.74) is 4.90. The van der Waals surface area contributed by atoms with Crippen LogP contribution in [0.3, 0.4) is 0 Å². The van der Waals surface area contributed by atoms with Gasteiger partial charge < -0.3 is 5.32 Å².